The molecule has 1 aliphatic carbocycles. The summed E-state index contributed by atoms with van der Waals surface area (Å²) in [6.07, 6.45) is 9.82. The summed E-state index contributed by atoms with van der Waals surface area (Å²) in [6, 6.07) is 1.54. The molecule has 1 saturated carbocycles. The van der Waals surface area contributed by atoms with Gasteiger partial charge in [-0.05, 0) is 38.1 Å². The van der Waals surface area contributed by atoms with Crippen molar-refractivity contribution in [1.82, 2.24) is 4.90 Å². The Kier molecular flexibility index (Phi) is 4.04. The summed E-state index contributed by atoms with van der Waals surface area (Å²) >= 11 is 0. The lowest BCUT2D eigenvalue weighted by atomic mass is 9.84. The van der Waals surface area contributed by atoms with Gasteiger partial charge in [-0.1, -0.05) is 26.2 Å². The van der Waals surface area contributed by atoms with Gasteiger partial charge in [-0.2, -0.15) is 0 Å². The van der Waals surface area contributed by atoms with Crippen molar-refractivity contribution in [3.05, 3.63) is 0 Å². The maximum Gasteiger partial charge on any atom is 0.0221 e. The zero-order chi connectivity index (χ0) is 10.7. The maximum absolute atomic E-state index is 5.89. The first-order valence-corrected chi connectivity index (χ1v) is 6.77. The molecule has 0 aromatic carbocycles. The van der Waals surface area contributed by atoms with Gasteiger partial charge in [0.2, 0.25) is 0 Å². The van der Waals surface area contributed by atoms with Gasteiger partial charge in [0.15, 0.2) is 0 Å². The highest BCUT2D eigenvalue weighted by atomic mass is 15.2. The molecule has 3 unspecified atom stereocenters. The summed E-state index contributed by atoms with van der Waals surface area (Å²) in [5.41, 5.74) is 5.89. The third-order valence-electron chi connectivity index (χ3n) is 4.32. The SMILES string of the molecule is CC1CCCC(N2CCCCC2CN)C1. The molecule has 0 aromatic rings. The van der Waals surface area contributed by atoms with Gasteiger partial charge in [0, 0.05) is 18.6 Å². The largest absolute Gasteiger partial charge is 0.329 e. The molecule has 2 rings (SSSR count). The summed E-state index contributed by atoms with van der Waals surface area (Å²) in [5.74, 6) is 0.934. The maximum atomic E-state index is 5.89. The van der Waals surface area contributed by atoms with E-state index < -0.39 is 0 Å². The van der Waals surface area contributed by atoms with E-state index in [-0.39, 0.29) is 0 Å². The number of hydrogen-bond acceptors (Lipinski definition) is 2. The first kappa shape index (κ1) is 11.4. The standard InChI is InChI=1S/C13H26N2/c1-11-5-4-7-12(9-11)15-8-3-2-6-13(15)10-14/h11-13H,2-10,14H2,1H3. The smallest absolute Gasteiger partial charge is 0.0221 e. The lowest BCUT2D eigenvalue weighted by molar-refractivity contribution is 0.0646. The molecule has 2 N–H and O–H groups in total. The van der Waals surface area contributed by atoms with E-state index in [9.17, 15) is 0 Å². The van der Waals surface area contributed by atoms with Crippen LogP contribution in [-0.2, 0) is 0 Å². The molecule has 2 fully saturated rings. The van der Waals surface area contributed by atoms with Crippen molar-refractivity contribution in [2.75, 3.05) is 13.1 Å². The van der Waals surface area contributed by atoms with Crippen LogP contribution < -0.4 is 5.73 Å². The Balaban J connectivity index is 1.94. The quantitative estimate of drug-likeness (QED) is 0.758. The Labute approximate surface area is 94.2 Å². The Morgan fingerprint density at radius 1 is 1.13 bits per heavy atom. The first-order chi connectivity index (χ1) is 7.31. The van der Waals surface area contributed by atoms with Gasteiger partial charge in [0.05, 0.1) is 0 Å². The van der Waals surface area contributed by atoms with Crippen LogP contribution in [0.2, 0.25) is 0 Å². The van der Waals surface area contributed by atoms with E-state index in [1.807, 2.05) is 0 Å². The lowest BCUT2D eigenvalue weighted by Crippen LogP contribution is -2.50. The predicted octanol–water partition coefficient (Wildman–Crippen LogP) is 2.38. The van der Waals surface area contributed by atoms with Crippen molar-refractivity contribution in [2.45, 2.75) is 64.0 Å². The van der Waals surface area contributed by atoms with Crippen LogP contribution in [0.4, 0.5) is 0 Å². The Morgan fingerprint density at radius 2 is 2.00 bits per heavy atom. The lowest BCUT2D eigenvalue weighted by Gasteiger charge is -2.43. The van der Waals surface area contributed by atoms with Crippen molar-refractivity contribution >= 4 is 0 Å². The van der Waals surface area contributed by atoms with E-state index >= 15 is 0 Å². The monoisotopic (exact) mass is 210 g/mol. The molecular formula is C13H26N2. The van der Waals surface area contributed by atoms with Gasteiger partial charge in [-0.3, -0.25) is 4.90 Å². The Hall–Kier alpha value is -0.0800. The van der Waals surface area contributed by atoms with Gasteiger partial charge in [-0.25, -0.2) is 0 Å². The topological polar surface area (TPSA) is 29.3 Å². The molecule has 15 heavy (non-hydrogen) atoms. The highest BCUT2D eigenvalue weighted by Crippen LogP contribution is 2.31. The normalized spacial score (nSPS) is 39.2. The number of hydrogen-bond donors (Lipinski definition) is 1. The number of nitrogens with two attached hydrogens (primary N) is 1. The van der Waals surface area contributed by atoms with Gasteiger partial charge in [0.1, 0.15) is 0 Å². The average molecular weight is 210 g/mol. The first-order valence-electron chi connectivity index (χ1n) is 6.77. The molecular weight excluding hydrogens is 184 g/mol. The summed E-state index contributed by atoms with van der Waals surface area (Å²) in [5, 5.41) is 0. The van der Waals surface area contributed by atoms with Crippen molar-refractivity contribution in [3.8, 4) is 0 Å². The summed E-state index contributed by atoms with van der Waals surface area (Å²) in [6.45, 7) is 4.58. The Bertz CT molecular complexity index is 193. The van der Waals surface area contributed by atoms with E-state index in [2.05, 4.69) is 11.8 Å². The van der Waals surface area contributed by atoms with E-state index in [4.69, 9.17) is 5.73 Å². The molecule has 2 aliphatic rings. The third kappa shape index (κ3) is 2.73. The minimum absolute atomic E-state index is 0.689. The van der Waals surface area contributed by atoms with Crippen LogP contribution in [0, 0.1) is 5.92 Å². The molecule has 3 atom stereocenters. The molecule has 1 heterocycles. The second kappa shape index (κ2) is 5.31. The number of rotatable bonds is 2. The fraction of sp³-hybridized carbons (Fsp3) is 1.00. The zero-order valence-corrected chi connectivity index (χ0v) is 10.1. The third-order valence-corrected chi connectivity index (χ3v) is 4.32. The van der Waals surface area contributed by atoms with Gasteiger partial charge in [0.25, 0.3) is 0 Å². The minimum Gasteiger partial charge on any atom is -0.329 e. The summed E-state index contributed by atoms with van der Waals surface area (Å²) in [4.78, 5) is 2.74. The molecule has 1 saturated heterocycles. The van der Waals surface area contributed by atoms with Crippen LogP contribution in [-0.4, -0.2) is 30.1 Å². The van der Waals surface area contributed by atoms with Crippen molar-refractivity contribution in [3.63, 3.8) is 0 Å². The zero-order valence-electron chi connectivity index (χ0n) is 10.1. The molecule has 0 spiro atoms. The van der Waals surface area contributed by atoms with Crippen LogP contribution >= 0.6 is 0 Å². The van der Waals surface area contributed by atoms with Crippen LogP contribution in [0.25, 0.3) is 0 Å². The fourth-order valence-corrected chi connectivity index (χ4v) is 3.46. The number of nitrogens with zero attached hydrogens (tertiary/aromatic N) is 1. The van der Waals surface area contributed by atoms with Crippen LogP contribution in [0.15, 0.2) is 0 Å². The van der Waals surface area contributed by atoms with Gasteiger partial charge < -0.3 is 5.73 Å². The molecule has 0 amide bonds. The summed E-state index contributed by atoms with van der Waals surface area (Å²) in [7, 11) is 0. The number of likely N-dealkylation sites (tertiary alicyclic amines) is 1. The molecule has 0 radical (unpaired) electrons. The average Bonchev–Trinajstić information content (AvgIpc) is 2.29. The fourth-order valence-electron chi connectivity index (χ4n) is 3.46. The predicted molar refractivity (Wildman–Crippen MR) is 64.8 cm³/mol. The van der Waals surface area contributed by atoms with Gasteiger partial charge >= 0.3 is 0 Å². The van der Waals surface area contributed by atoms with Crippen molar-refractivity contribution in [2.24, 2.45) is 11.7 Å². The van der Waals surface area contributed by atoms with Crippen molar-refractivity contribution in [1.29, 1.82) is 0 Å². The van der Waals surface area contributed by atoms with E-state index in [0.29, 0.717) is 6.04 Å². The highest BCUT2D eigenvalue weighted by Gasteiger charge is 2.30. The molecule has 1 aliphatic heterocycles. The molecule has 88 valence electrons. The van der Waals surface area contributed by atoms with Crippen molar-refractivity contribution < 1.29 is 0 Å². The molecule has 2 nitrogen and oxygen atoms in total. The molecule has 0 aromatic heterocycles. The van der Waals surface area contributed by atoms with E-state index in [1.165, 1.54) is 51.5 Å². The second-order valence-corrected chi connectivity index (χ2v) is 5.55. The van der Waals surface area contributed by atoms with Gasteiger partial charge in [-0.15, -0.1) is 0 Å². The number of piperidine rings is 1. The molecule has 0 bridgehead atoms. The van der Waals surface area contributed by atoms with E-state index in [0.717, 1.165) is 18.5 Å². The Morgan fingerprint density at radius 3 is 2.73 bits per heavy atom. The second-order valence-electron chi connectivity index (χ2n) is 5.55. The van der Waals surface area contributed by atoms with Crippen LogP contribution in [0.3, 0.4) is 0 Å². The molecule has 2 heteroatoms. The van der Waals surface area contributed by atoms with E-state index in [1.54, 1.807) is 0 Å². The van der Waals surface area contributed by atoms with Crippen LogP contribution in [0.1, 0.15) is 51.9 Å². The minimum atomic E-state index is 0.689. The highest BCUT2D eigenvalue weighted by molar-refractivity contribution is 4.86. The van der Waals surface area contributed by atoms with Crippen LogP contribution in [0.5, 0.6) is 0 Å². The summed E-state index contributed by atoms with van der Waals surface area (Å²) < 4.78 is 0.